The number of rotatable bonds is 8. The molecule has 7 unspecified atom stereocenters. The largest absolute Gasteiger partial charge is 0.459 e. The number of amides is 9. The van der Waals surface area contributed by atoms with Crippen molar-refractivity contribution in [2.45, 2.75) is 188 Å². The highest BCUT2D eigenvalue weighted by molar-refractivity contribution is 6.10. The van der Waals surface area contributed by atoms with Crippen LogP contribution in [0.2, 0.25) is 0 Å². The van der Waals surface area contributed by atoms with Gasteiger partial charge in [0.05, 0.1) is 35.9 Å². The number of anilines is 1. The van der Waals surface area contributed by atoms with Gasteiger partial charge in [-0.1, -0.05) is 61.5 Å². The average Bonchev–Trinajstić information content (AvgIpc) is 0.741. The van der Waals surface area contributed by atoms with Crippen LogP contribution in [0.25, 0.3) is 22.6 Å². The van der Waals surface area contributed by atoms with Gasteiger partial charge in [0.25, 0.3) is 11.8 Å². The van der Waals surface area contributed by atoms with Crippen LogP contribution >= 0.6 is 0 Å². The number of likely N-dealkylation sites (N-methyl/N-ethyl adjacent to an activating group) is 4. The lowest BCUT2D eigenvalue weighted by molar-refractivity contribution is -0.164. The predicted octanol–water partition coefficient (Wildman–Crippen LogP) is 1.30. The Bertz CT molecular complexity index is 3400. The third-order valence-electron chi connectivity index (χ3n) is 18.2. The van der Waals surface area contributed by atoms with Gasteiger partial charge in [0.2, 0.25) is 46.8 Å². The number of ether oxygens (including phenoxy) is 2. The van der Waals surface area contributed by atoms with Gasteiger partial charge >= 0.3 is 11.9 Å². The summed E-state index contributed by atoms with van der Waals surface area (Å²) in [5, 5.41) is 23.4. The van der Waals surface area contributed by atoms with E-state index in [1.807, 2.05) is 0 Å². The zero-order valence-corrected chi connectivity index (χ0v) is 55.7. The van der Waals surface area contributed by atoms with Gasteiger partial charge in [-0.25, -0.2) is 14.6 Å². The molecule has 7 rings (SSSR count). The summed E-state index contributed by atoms with van der Waals surface area (Å²) in [7, 11) is 5.66. The quantitative estimate of drug-likeness (QED) is 0.105. The van der Waals surface area contributed by atoms with Gasteiger partial charge in [-0.2, -0.15) is 0 Å². The lowest BCUT2D eigenvalue weighted by atomic mass is 9.95. The zero-order chi connectivity index (χ0) is 68.4. The van der Waals surface area contributed by atoms with E-state index in [1.165, 1.54) is 80.7 Å². The smallest absolute Gasteiger partial charge is 0.329 e. The Morgan fingerprint density at radius 3 is 1.63 bits per heavy atom. The lowest BCUT2D eigenvalue weighted by Crippen LogP contribution is -2.64. The van der Waals surface area contributed by atoms with E-state index in [2.05, 4.69) is 21.3 Å². The fourth-order valence-electron chi connectivity index (χ4n) is 12.8. The minimum atomic E-state index is -1.94. The predicted molar refractivity (Wildman–Crippen MR) is 336 cm³/mol. The Balaban J connectivity index is 1.33. The summed E-state index contributed by atoms with van der Waals surface area (Å²) >= 11 is 0. The van der Waals surface area contributed by atoms with Crippen molar-refractivity contribution < 1.29 is 71.7 Å². The summed E-state index contributed by atoms with van der Waals surface area (Å²) < 4.78 is 18.4. The molecule has 28 heteroatoms. The second-order valence-corrected chi connectivity index (χ2v) is 26.4. The standard InChI is InChI=1S/C64H92N12O16/c1-29(2)44-61(86)75-25-19-17-21-38(75)59(84)71(13)27-40(77)73(15)50(31(5)6)63(88)90-35(11)46(57(82)67-44)69-55(80)37-24-23-33(9)53-48(37)66-49-42(43(65)52(79)34(10)54(49)92-53)56(81)70-47-36(12)91-64(89)51(32(7)8)74(16)41(78)28-72(14)60(85)39-22-18-20-26-76(39)62(87)45(30(3)4)68-58(47)83/h23-24,29-32,35-36,38-39,44-47,50-51,58,68,83H,17-22,25-28,65H2,1-16H3,(H,67,82)(H,69,80)(H,70,81)/t35?,36?,38?,39?,44-,45-,46?,47?,50+,51+,58?/m1/s1. The Kier molecular flexibility index (Phi) is 22.5. The van der Waals surface area contributed by atoms with Crippen molar-refractivity contribution in [1.82, 2.24) is 55.7 Å². The van der Waals surface area contributed by atoms with Crippen LogP contribution in [-0.2, 0) is 52.6 Å². The number of nitrogens with one attached hydrogen (secondary N) is 4. The number of esters is 2. The fraction of sp³-hybridized carbons (Fsp3) is 0.641. The number of nitrogens with two attached hydrogens (primary N) is 1. The van der Waals surface area contributed by atoms with Gasteiger partial charge in [-0.15, -0.1) is 0 Å². The van der Waals surface area contributed by atoms with Gasteiger partial charge in [0.1, 0.15) is 71.9 Å². The van der Waals surface area contributed by atoms with Crippen LogP contribution in [0.5, 0.6) is 0 Å². The van der Waals surface area contributed by atoms with Gasteiger partial charge in [0, 0.05) is 46.8 Å². The highest BCUT2D eigenvalue weighted by Crippen LogP contribution is 2.35. The second-order valence-electron chi connectivity index (χ2n) is 26.4. The van der Waals surface area contributed by atoms with Crippen molar-refractivity contribution >= 4 is 81.9 Å². The van der Waals surface area contributed by atoms with Crippen LogP contribution in [-0.4, -0.2) is 226 Å². The van der Waals surface area contributed by atoms with Crippen LogP contribution in [0, 0.1) is 37.5 Å². The van der Waals surface area contributed by atoms with Crippen LogP contribution in [0.3, 0.4) is 0 Å². The maximum atomic E-state index is 15.3. The first kappa shape index (κ1) is 71.2. The van der Waals surface area contributed by atoms with Crippen LogP contribution < -0.4 is 32.4 Å². The number of aryl methyl sites for hydroxylation is 1. The third kappa shape index (κ3) is 14.6. The van der Waals surface area contributed by atoms with E-state index < -0.39 is 185 Å². The monoisotopic (exact) mass is 1280 g/mol. The molecular weight excluding hydrogens is 1190 g/mol. The van der Waals surface area contributed by atoms with Gasteiger partial charge in [-0.05, 0) is 102 Å². The van der Waals surface area contributed by atoms with E-state index in [0.717, 1.165) is 9.80 Å². The molecule has 4 fully saturated rings. The molecule has 5 heterocycles. The fourth-order valence-corrected chi connectivity index (χ4v) is 12.8. The van der Waals surface area contributed by atoms with Crippen LogP contribution in [0.15, 0.2) is 21.3 Å². The number of nitrogen functional groups attached to an aromatic ring is 1. The molecule has 6 aliphatic rings. The first-order valence-electron chi connectivity index (χ1n) is 31.7. The molecule has 4 saturated heterocycles. The molecule has 7 N–H and O–H groups in total. The average molecular weight is 1290 g/mol. The molecule has 11 atom stereocenters. The third-order valence-corrected chi connectivity index (χ3v) is 18.2. The number of hydrogen-bond acceptors (Lipinski definition) is 19. The highest BCUT2D eigenvalue weighted by atomic mass is 16.6. The number of carbonyl (C=O) groups is 11. The summed E-state index contributed by atoms with van der Waals surface area (Å²) in [5.74, 6) is -10.9. The highest BCUT2D eigenvalue weighted by Gasteiger charge is 2.46. The first-order chi connectivity index (χ1) is 43.1. The number of carbonyl (C=O) groups excluding carboxylic acids is 11. The van der Waals surface area contributed by atoms with Crippen molar-refractivity contribution in [2.24, 2.45) is 23.7 Å². The van der Waals surface area contributed by atoms with Crippen molar-refractivity contribution in [3.63, 3.8) is 0 Å². The Morgan fingerprint density at radius 1 is 0.652 bits per heavy atom. The summed E-state index contributed by atoms with van der Waals surface area (Å²) in [4.78, 5) is 186. The molecule has 5 aliphatic heterocycles. The number of aliphatic hydroxyl groups excluding tert-OH is 1. The minimum absolute atomic E-state index is 0.0607. The molecule has 0 saturated carbocycles. The maximum Gasteiger partial charge on any atom is 0.329 e. The van der Waals surface area contributed by atoms with E-state index in [0.29, 0.717) is 37.7 Å². The molecule has 1 aromatic carbocycles. The number of aliphatic hydroxyl groups is 1. The second kappa shape index (κ2) is 29.1. The number of benzene rings is 2. The first-order valence-corrected chi connectivity index (χ1v) is 31.7. The lowest BCUT2D eigenvalue weighted by Gasteiger charge is -2.41. The molecule has 1 aliphatic carbocycles. The topological polar surface area (TPSA) is 363 Å². The molecule has 0 bridgehead atoms. The molecule has 0 spiro atoms. The van der Waals surface area contributed by atoms with E-state index >= 15 is 9.59 Å². The number of nitrogens with zero attached hydrogens (tertiary/aromatic N) is 7. The zero-order valence-electron chi connectivity index (χ0n) is 55.7. The number of aromatic nitrogens is 1. The number of hydrogen-bond donors (Lipinski definition) is 6. The molecule has 0 radical (unpaired) electrons. The molecule has 0 aromatic heterocycles. The summed E-state index contributed by atoms with van der Waals surface area (Å²) in [6.45, 7) is 18.7. The van der Waals surface area contributed by atoms with Crippen molar-refractivity contribution in [3.05, 3.63) is 44.6 Å². The summed E-state index contributed by atoms with van der Waals surface area (Å²) in [5.41, 5.74) is 3.82. The van der Waals surface area contributed by atoms with Crippen LogP contribution in [0.1, 0.15) is 140 Å². The minimum Gasteiger partial charge on any atom is -0.459 e. The normalized spacial score (nSPS) is 27.1. The van der Waals surface area contributed by atoms with E-state index in [9.17, 15) is 53.1 Å². The summed E-state index contributed by atoms with van der Waals surface area (Å²) in [6.07, 6.45) is -2.01. The SMILES string of the molecule is Cc1c2oc3c(C)ccc(C(=O)NC4C(=O)N[C@H](C(C)C)C(=O)N5CCCCC5C(=O)N(C)CC(=O)N(C)[C@@H](C(C)C)C(=O)OC4C)c3nc-2c(C(=O)NC2C(O)N[C@H](C(C)C)C(=O)N3CCCCC3C(=O)N(C)CC(=O)N(C)[C@@H](C(C)C)C(=O)OC2C)c(N)c1=O. The molecular formula is C64H92N12O16. The molecule has 1 aromatic rings. The molecule has 92 heavy (non-hydrogen) atoms. The van der Waals surface area contributed by atoms with Crippen molar-refractivity contribution in [3.8, 4) is 11.5 Å². The molecule has 9 amide bonds. The number of piperidine rings is 2. The van der Waals surface area contributed by atoms with E-state index in [4.69, 9.17) is 24.6 Å². The van der Waals surface area contributed by atoms with Crippen molar-refractivity contribution in [2.75, 3.05) is 60.1 Å². The molecule has 28 nitrogen and oxygen atoms in total. The Labute approximate surface area is 535 Å². The van der Waals surface area contributed by atoms with E-state index in [-0.39, 0.29) is 53.2 Å². The summed E-state index contributed by atoms with van der Waals surface area (Å²) in [6, 6.07) is -7.54. The number of fused-ring (bicyclic) bond motifs is 4. The van der Waals surface area contributed by atoms with Crippen LogP contribution in [0.4, 0.5) is 5.69 Å². The van der Waals surface area contributed by atoms with Gasteiger partial charge < -0.3 is 70.1 Å². The maximum absolute atomic E-state index is 15.3. The van der Waals surface area contributed by atoms with Gasteiger partial charge in [-0.3, -0.25) is 53.3 Å². The Morgan fingerprint density at radius 2 is 1.14 bits per heavy atom. The molecule has 504 valence electrons. The van der Waals surface area contributed by atoms with Crippen molar-refractivity contribution in [1.29, 1.82) is 0 Å². The van der Waals surface area contributed by atoms with Gasteiger partial charge in [0.15, 0.2) is 11.3 Å². The number of cyclic esters (lactones) is 2. The Hall–Kier alpha value is -8.27. The van der Waals surface area contributed by atoms with E-state index in [1.54, 1.807) is 62.3 Å².